The molecular weight excluding hydrogens is 613 g/mol. The Morgan fingerprint density at radius 1 is 1.24 bits per heavy atom. The number of pyridine rings is 1. The fraction of sp³-hybridized carbons (Fsp3) is 0.324. The van der Waals surface area contributed by atoms with E-state index in [-0.39, 0.29) is 12.0 Å². The van der Waals surface area contributed by atoms with Crippen LogP contribution in [0.4, 0.5) is 17.1 Å². The molecule has 3 heterocycles. The number of amides is 1. The number of fused-ring (bicyclic) bond motifs is 1. The van der Waals surface area contributed by atoms with Crippen LogP contribution in [-0.2, 0) is 9.53 Å². The summed E-state index contributed by atoms with van der Waals surface area (Å²) in [5.74, 6) is 0.785. The van der Waals surface area contributed by atoms with Crippen LogP contribution in [0, 0.1) is 11.3 Å². The van der Waals surface area contributed by atoms with Crippen LogP contribution in [0.15, 0.2) is 71.4 Å². The molecule has 3 aromatic rings. The normalized spacial score (nSPS) is 16.9. The van der Waals surface area contributed by atoms with Gasteiger partial charge in [-0.2, -0.15) is 5.26 Å². The molecule has 234 valence electrons. The first-order valence-corrected chi connectivity index (χ1v) is 15.7. The number of benzene rings is 2. The zero-order chi connectivity index (χ0) is 31.6. The zero-order valence-electron chi connectivity index (χ0n) is 25.0. The molecule has 45 heavy (non-hydrogen) atoms. The highest BCUT2D eigenvalue weighted by Gasteiger charge is 2.22. The molecule has 3 N–H and O–H groups in total. The standard InChI is InChI=1S/C34H35Cl2N5O4/c1-2-4-24(35)5-3-13-44-31-7-6-25(16-28(31)36)40-34-23(19-37)20-39-29-18-32(45-26-10-14-43-21-26)30(17-27(29)34)41-33(42)15-22-8-11-38-12-9-22/h2,4-7,15-18,20,26,38H,3,8-14,21H2,1H3,(H,39,40)(H,41,42). The van der Waals surface area contributed by atoms with E-state index >= 15 is 0 Å². The van der Waals surface area contributed by atoms with E-state index in [4.69, 9.17) is 37.4 Å². The van der Waals surface area contributed by atoms with Crippen molar-refractivity contribution in [2.24, 2.45) is 0 Å². The van der Waals surface area contributed by atoms with E-state index in [9.17, 15) is 10.1 Å². The van der Waals surface area contributed by atoms with Crippen LogP contribution in [0.1, 0.15) is 38.2 Å². The van der Waals surface area contributed by atoms with Gasteiger partial charge in [0.15, 0.2) is 0 Å². The lowest BCUT2D eigenvalue weighted by Gasteiger charge is -2.19. The van der Waals surface area contributed by atoms with Crippen molar-refractivity contribution >= 4 is 57.1 Å². The van der Waals surface area contributed by atoms with E-state index in [0.717, 1.165) is 37.9 Å². The fourth-order valence-electron chi connectivity index (χ4n) is 5.10. The van der Waals surface area contributed by atoms with E-state index in [1.165, 1.54) is 6.20 Å². The van der Waals surface area contributed by atoms with Gasteiger partial charge in [-0.25, -0.2) is 0 Å². The molecule has 0 spiro atoms. The van der Waals surface area contributed by atoms with Crippen LogP contribution in [0.2, 0.25) is 5.02 Å². The number of nitrogens with one attached hydrogen (secondary N) is 3. The van der Waals surface area contributed by atoms with Gasteiger partial charge in [0.25, 0.3) is 0 Å². The maximum Gasteiger partial charge on any atom is 0.248 e. The lowest BCUT2D eigenvalue weighted by atomic mass is 10.0. The number of carbonyl (C=O) groups excluding carboxylic acids is 1. The lowest BCUT2D eigenvalue weighted by Crippen LogP contribution is -2.24. The highest BCUT2D eigenvalue weighted by molar-refractivity contribution is 6.32. The average molecular weight is 649 g/mol. The Balaban J connectivity index is 1.43. The Morgan fingerprint density at radius 2 is 2.09 bits per heavy atom. The molecule has 1 aromatic heterocycles. The lowest BCUT2D eigenvalue weighted by molar-refractivity contribution is -0.112. The summed E-state index contributed by atoms with van der Waals surface area (Å²) in [6.07, 6.45) is 11.6. The van der Waals surface area contributed by atoms with Crippen molar-refractivity contribution in [1.29, 1.82) is 5.26 Å². The number of rotatable bonds is 11. The number of aromatic nitrogens is 1. The van der Waals surface area contributed by atoms with Gasteiger partial charge in [0.2, 0.25) is 5.91 Å². The average Bonchev–Trinajstić information content (AvgIpc) is 3.54. The number of nitriles is 1. The van der Waals surface area contributed by atoms with E-state index in [1.54, 1.807) is 30.3 Å². The Hall–Kier alpha value is -4.07. The van der Waals surface area contributed by atoms with E-state index in [1.807, 2.05) is 31.2 Å². The molecule has 1 atom stereocenters. The molecule has 2 saturated heterocycles. The summed E-state index contributed by atoms with van der Waals surface area (Å²) in [6.45, 7) is 5.10. The first-order chi connectivity index (χ1) is 21.9. The number of hydrogen-bond donors (Lipinski definition) is 3. The number of hydrogen-bond acceptors (Lipinski definition) is 8. The third kappa shape index (κ3) is 8.77. The molecule has 9 nitrogen and oxygen atoms in total. The third-order valence-corrected chi connectivity index (χ3v) is 7.93. The second kappa shape index (κ2) is 15.8. The third-order valence-electron chi connectivity index (χ3n) is 7.35. The minimum Gasteiger partial charge on any atom is -0.492 e. The molecule has 1 amide bonds. The van der Waals surface area contributed by atoms with Crippen LogP contribution in [-0.4, -0.2) is 49.9 Å². The first kappa shape index (κ1) is 32.3. The summed E-state index contributed by atoms with van der Waals surface area (Å²) in [5.41, 5.74) is 3.67. The number of nitrogens with zero attached hydrogens (tertiary/aromatic N) is 2. The second-order valence-electron chi connectivity index (χ2n) is 10.7. The number of allylic oxidation sites excluding steroid dienone is 3. The van der Waals surface area contributed by atoms with Crippen LogP contribution < -0.4 is 25.4 Å². The van der Waals surface area contributed by atoms with E-state index < -0.39 is 0 Å². The van der Waals surface area contributed by atoms with Crippen LogP contribution in [0.5, 0.6) is 11.5 Å². The van der Waals surface area contributed by atoms with E-state index in [2.05, 4.69) is 27.0 Å². The quantitative estimate of drug-likeness (QED) is 0.112. The highest BCUT2D eigenvalue weighted by atomic mass is 35.5. The number of halogens is 2. The van der Waals surface area contributed by atoms with Gasteiger partial charge in [0, 0.05) is 47.3 Å². The van der Waals surface area contributed by atoms with Gasteiger partial charge in [-0.15, -0.1) is 0 Å². The van der Waals surface area contributed by atoms with Crippen molar-refractivity contribution in [3.8, 4) is 17.6 Å². The molecule has 2 aliphatic rings. The monoisotopic (exact) mass is 647 g/mol. The van der Waals surface area contributed by atoms with Crippen molar-refractivity contribution < 1.29 is 19.0 Å². The van der Waals surface area contributed by atoms with Crippen molar-refractivity contribution in [2.45, 2.75) is 38.7 Å². The number of piperidine rings is 1. The number of carbonyl (C=O) groups is 1. The topological polar surface area (TPSA) is 118 Å². The summed E-state index contributed by atoms with van der Waals surface area (Å²) in [4.78, 5) is 17.7. The van der Waals surface area contributed by atoms with Crippen LogP contribution in [0.3, 0.4) is 0 Å². The largest absolute Gasteiger partial charge is 0.492 e. The van der Waals surface area contributed by atoms with Gasteiger partial charge < -0.3 is 30.2 Å². The minimum absolute atomic E-state index is 0.138. The van der Waals surface area contributed by atoms with Crippen LogP contribution >= 0.6 is 23.2 Å². The summed E-state index contributed by atoms with van der Waals surface area (Å²) in [6, 6.07) is 11.1. The van der Waals surface area contributed by atoms with Crippen LogP contribution in [0.25, 0.3) is 10.9 Å². The number of ether oxygens (including phenoxy) is 3. The van der Waals surface area contributed by atoms with Crippen molar-refractivity contribution in [3.05, 3.63) is 82.0 Å². The summed E-state index contributed by atoms with van der Waals surface area (Å²) >= 11 is 12.7. The van der Waals surface area contributed by atoms with Crippen molar-refractivity contribution in [3.63, 3.8) is 0 Å². The highest BCUT2D eigenvalue weighted by Crippen LogP contribution is 2.38. The molecule has 0 radical (unpaired) electrons. The molecule has 11 heteroatoms. The molecule has 0 bridgehead atoms. The Labute approximate surface area is 272 Å². The fourth-order valence-corrected chi connectivity index (χ4v) is 5.57. The van der Waals surface area contributed by atoms with Crippen molar-refractivity contribution in [2.75, 3.05) is 43.5 Å². The minimum atomic E-state index is -0.236. The van der Waals surface area contributed by atoms with Gasteiger partial charge in [-0.1, -0.05) is 40.9 Å². The zero-order valence-corrected chi connectivity index (χ0v) is 26.5. The Bertz CT molecular complexity index is 1670. The van der Waals surface area contributed by atoms with Gasteiger partial charge in [0.1, 0.15) is 23.7 Å². The SMILES string of the molecule is CC=CC(Cl)=CCCOc1ccc(Nc2c(C#N)cnc3cc(OC4CCOC4)c(NC(=O)C=C4CCNCC4)cc23)cc1Cl. The molecule has 5 rings (SSSR count). The first-order valence-electron chi connectivity index (χ1n) is 14.9. The predicted molar refractivity (Wildman–Crippen MR) is 179 cm³/mol. The number of anilines is 3. The molecule has 2 aliphatic heterocycles. The van der Waals surface area contributed by atoms with Crippen molar-refractivity contribution in [1.82, 2.24) is 10.3 Å². The van der Waals surface area contributed by atoms with Gasteiger partial charge in [-0.3, -0.25) is 9.78 Å². The molecule has 1 unspecified atom stereocenters. The molecule has 2 fully saturated rings. The predicted octanol–water partition coefficient (Wildman–Crippen LogP) is 7.39. The van der Waals surface area contributed by atoms with Gasteiger partial charge in [-0.05, 0) is 63.2 Å². The summed E-state index contributed by atoms with van der Waals surface area (Å²) in [7, 11) is 0. The summed E-state index contributed by atoms with van der Waals surface area (Å²) in [5, 5.41) is 21.3. The second-order valence-corrected chi connectivity index (χ2v) is 11.5. The maximum atomic E-state index is 13.1. The molecule has 2 aromatic carbocycles. The Morgan fingerprint density at radius 3 is 2.82 bits per heavy atom. The summed E-state index contributed by atoms with van der Waals surface area (Å²) < 4.78 is 17.6. The molecular formula is C34H35Cl2N5O4. The molecule has 0 saturated carbocycles. The van der Waals surface area contributed by atoms with Gasteiger partial charge in [0.05, 0.1) is 47.3 Å². The van der Waals surface area contributed by atoms with E-state index in [0.29, 0.717) is 81.3 Å². The molecule has 0 aliphatic carbocycles. The van der Waals surface area contributed by atoms with Gasteiger partial charge >= 0.3 is 0 Å². The maximum absolute atomic E-state index is 13.1. The Kier molecular flexibility index (Phi) is 11.3. The smallest absolute Gasteiger partial charge is 0.248 e.